The average Bonchev–Trinajstić information content (AvgIpc) is 2.15. The number of carboxylic acids is 2. The Balaban J connectivity index is 4.38. The van der Waals surface area contributed by atoms with Gasteiger partial charge in [-0.3, -0.25) is 9.59 Å². The van der Waals surface area contributed by atoms with Gasteiger partial charge in [0.05, 0.1) is 6.42 Å². The molecule has 5 nitrogen and oxygen atoms in total. The molecule has 0 aromatic carbocycles. The Bertz CT molecular complexity index is 303. The molecule has 0 saturated heterocycles. The summed E-state index contributed by atoms with van der Waals surface area (Å²) in [4.78, 5) is 21.1. The first-order chi connectivity index (χ1) is 7.86. The van der Waals surface area contributed by atoms with Gasteiger partial charge in [0.1, 0.15) is 6.04 Å². The first-order valence-electron chi connectivity index (χ1n) is 5.07. The van der Waals surface area contributed by atoms with E-state index in [2.05, 4.69) is 5.32 Å². The van der Waals surface area contributed by atoms with Gasteiger partial charge in [0.25, 0.3) is 6.08 Å². The van der Waals surface area contributed by atoms with Crippen molar-refractivity contribution in [2.45, 2.75) is 25.8 Å². The van der Waals surface area contributed by atoms with Gasteiger partial charge in [-0.05, 0) is 12.5 Å². The third kappa shape index (κ3) is 7.40. The summed E-state index contributed by atoms with van der Waals surface area (Å²) >= 11 is 0. The number of carbonyl (C=O) groups is 2. The van der Waals surface area contributed by atoms with Crippen LogP contribution in [0.4, 0.5) is 8.78 Å². The number of hydrogen-bond acceptors (Lipinski definition) is 3. The molecule has 0 amide bonds. The molecule has 0 aliphatic heterocycles. The summed E-state index contributed by atoms with van der Waals surface area (Å²) in [6.07, 6.45) is -1.63. The van der Waals surface area contributed by atoms with Gasteiger partial charge in [-0.15, -0.1) is 0 Å². The van der Waals surface area contributed by atoms with Crippen LogP contribution in [0, 0.1) is 5.92 Å². The molecule has 0 aliphatic rings. The van der Waals surface area contributed by atoms with Crippen molar-refractivity contribution < 1.29 is 28.6 Å². The molecule has 0 aromatic rings. The number of carboxylic acid groups (broad SMARTS) is 2. The molecule has 98 valence electrons. The lowest BCUT2D eigenvalue weighted by Crippen LogP contribution is -2.39. The highest BCUT2D eigenvalue weighted by atomic mass is 19.3. The van der Waals surface area contributed by atoms with Gasteiger partial charge in [-0.2, -0.15) is 8.78 Å². The molecule has 2 atom stereocenters. The molecule has 3 N–H and O–H groups in total. The van der Waals surface area contributed by atoms with Gasteiger partial charge >= 0.3 is 11.9 Å². The van der Waals surface area contributed by atoms with Crippen molar-refractivity contribution >= 4 is 11.9 Å². The molecule has 17 heavy (non-hydrogen) atoms. The van der Waals surface area contributed by atoms with E-state index in [0.717, 1.165) is 0 Å². The van der Waals surface area contributed by atoms with E-state index in [4.69, 9.17) is 10.2 Å². The van der Waals surface area contributed by atoms with Gasteiger partial charge in [-0.1, -0.05) is 6.92 Å². The van der Waals surface area contributed by atoms with Gasteiger partial charge in [0.15, 0.2) is 0 Å². The number of rotatable bonds is 8. The zero-order valence-corrected chi connectivity index (χ0v) is 9.32. The standard InChI is InChI=1S/C10H15F2NO4/c1-2-7(10(16)17)13-5-6(3-8(11)12)4-9(14)15/h3,6-7,13H,2,4-5H2,1H3,(H,14,15)(H,16,17)/t6-,7+/m1/s1. The molecule has 0 aliphatic carbocycles. The molecule has 0 bridgehead atoms. The predicted molar refractivity (Wildman–Crippen MR) is 55.8 cm³/mol. The summed E-state index contributed by atoms with van der Waals surface area (Å²) in [7, 11) is 0. The minimum absolute atomic E-state index is 0.117. The van der Waals surface area contributed by atoms with E-state index in [1.165, 1.54) is 0 Å². The molecule has 0 unspecified atom stereocenters. The van der Waals surface area contributed by atoms with Gasteiger partial charge in [0.2, 0.25) is 0 Å². The van der Waals surface area contributed by atoms with Crippen LogP contribution >= 0.6 is 0 Å². The van der Waals surface area contributed by atoms with E-state index >= 15 is 0 Å². The van der Waals surface area contributed by atoms with E-state index < -0.39 is 36.4 Å². The second-order valence-electron chi connectivity index (χ2n) is 3.52. The monoisotopic (exact) mass is 251 g/mol. The van der Waals surface area contributed by atoms with Crippen LogP contribution in [0.2, 0.25) is 0 Å². The molecule has 0 rings (SSSR count). The first-order valence-corrected chi connectivity index (χ1v) is 5.07. The maximum atomic E-state index is 12.0. The Morgan fingerprint density at radius 2 is 1.94 bits per heavy atom. The Labute approximate surface area is 97.1 Å². The topological polar surface area (TPSA) is 86.6 Å². The molecule has 0 aromatic heterocycles. The SMILES string of the molecule is CC[C@H](NC[C@H](C=C(F)F)CC(=O)O)C(=O)O. The summed E-state index contributed by atoms with van der Waals surface area (Å²) in [6.45, 7) is 1.51. The normalized spacial score (nSPS) is 13.8. The second-order valence-corrected chi connectivity index (χ2v) is 3.52. The van der Waals surface area contributed by atoms with Gasteiger partial charge in [-0.25, -0.2) is 0 Å². The van der Waals surface area contributed by atoms with E-state index in [1.807, 2.05) is 0 Å². The Hall–Kier alpha value is -1.50. The number of hydrogen-bond donors (Lipinski definition) is 3. The van der Waals surface area contributed by atoms with E-state index in [-0.39, 0.29) is 13.0 Å². The highest BCUT2D eigenvalue weighted by molar-refractivity contribution is 5.73. The quantitative estimate of drug-likeness (QED) is 0.605. The predicted octanol–water partition coefficient (Wildman–Crippen LogP) is 1.31. The lowest BCUT2D eigenvalue weighted by molar-refractivity contribution is -0.139. The maximum absolute atomic E-state index is 12.0. The highest BCUT2D eigenvalue weighted by Gasteiger charge is 2.18. The Kier molecular flexibility index (Phi) is 7.04. The minimum atomic E-state index is -1.97. The summed E-state index contributed by atoms with van der Waals surface area (Å²) in [6, 6.07) is -0.859. The first kappa shape index (κ1) is 15.5. The van der Waals surface area contributed by atoms with Crippen molar-refractivity contribution in [3.63, 3.8) is 0 Å². The summed E-state index contributed by atoms with van der Waals surface area (Å²) < 4.78 is 24.0. The molecular formula is C10H15F2NO4. The van der Waals surface area contributed by atoms with Crippen LogP contribution in [0.1, 0.15) is 19.8 Å². The lowest BCUT2D eigenvalue weighted by Gasteiger charge is -2.15. The lowest BCUT2D eigenvalue weighted by atomic mass is 10.0. The fourth-order valence-electron chi connectivity index (χ4n) is 1.29. The minimum Gasteiger partial charge on any atom is -0.481 e. The van der Waals surface area contributed by atoms with E-state index in [9.17, 15) is 18.4 Å². The van der Waals surface area contributed by atoms with Crippen molar-refractivity contribution in [2.24, 2.45) is 5.92 Å². The smallest absolute Gasteiger partial charge is 0.320 e. The number of nitrogens with one attached hydrogen (secondary N) is 1. The largest absolute Gasteiger partial charge is 0.481 e. The molecule has 0 saturated carbocycles. The highest BCUT2D eigenvalue weighted by Crippen LogP contribution is 2.10. The van der Waals surface area contributed by atoms with Gasteiger partial charge in [0, 0.05) is 12.5 Å². The van der Waals surface area contributed by atoms with Gasteiger partial charge < -0.3 is 15.5 Å². The second kappa shape index (κ2) is 7.72. The fourth-order valence-corrected chi connectivity index (χ4v) is 1.29. The number of halogens is 2. The van der Waals surface area contributed by atoms with Crippen molar-refractivity contribution in [3.8, 4) is 0 Å². The summed E-state index contributed by atoms with van der Waals surface area (Å²) in [5, 5.41) is 19.8. The zero-order valence-electron chi connectivity index (χ0n) is 9.32. The third-order valence-corrected chi connectivity index (χ3v) is 2.13. The van der Waals surface area contributed by atoms with E-state index in [0.29, 0.717) is 6.08 Å². The summed E-state index contributed by atoms with van der Waals surface area (Å²) in [5.74, 6) is -3.23. The zero-order chi connectivity index (χ0) is 13.4. The van der Waals surface area contributed by atoms with Crippen LogP contribution in [0.3, 0.4) is 0 Å². The molecule has 0 fully saturated rings. The molecular weight excluding hydrogens is 236 g/mol. The Morgan fingerprint density at radius 3 is 2.29 bits per heavy atom. The van der Waals surface area contributed by atoms with Crippen molar-refractivity contribution in [2.75, 3.05) is 6.54 Å². The van der Waals surface area contributed by atoms with Crippen molar-refractivity contribution in [1.82, 2.24) is 5.32 Å². The molecule has 0 spiro atoms. The van der Waals surface area contributed by atoms with Crippen molar-refractivity contribution in [3.05, 3.63) is 12.2 Å². The van der Waals surface area contributed by atoms with Crippen molar-refractivity contribution in [1.29, 1.82) is 0 Å². The maximum Gasteiger partial charge on any atom is 0.320 e. The van der Waals surface area contributed by atoms with Crippen LogP contribution < -0.4 is 5.32 Å². The van der Waals surface area contributed by atoms with Crippen LogP contribution in [0.15, 0.2) is 12.2 Å². The van der Waals surface area contributed by atoms with Crippen LogP contribution in [0.25, 0.3) is 0 Å². The third-order valence-electron chi connectivity index (χ3n) is 2.13. The summed E-state index contributed by atoms with van der Waals surface area (Å²) in [5.41, 5.74) is 0. The average molecular weight is 251 g/mol. The number of aliphatic carboxylic acids is 2. The molecule has 7 heteroatoms. The molecule has 0 heterocycles. The van der Waals surface area contributed by atoms with Crippen LogP contribution in [-0.4, -0.2) is 34.7 Å². The molecule has 0 radical (unpaired) electrons. The Morgan fingerprint density at radius 1 is 1.35 bits per heavy atom. The van der Waals surface area contributed by atoms with Crippen LogP contribution in [-0.2, 0) is 9.59 Å². The van der Waals surface area contributed by atoms with E-state index in [1.54, 1.807) is 6.92 Å². The van der Waals surface area contributed by atoms with Crippen LogP contribution in [0.5, 0.6) is 0 Å². The fraction of sp³-hybridized carbons (Fsp3) is 0.600.